The van der Waals surface area contributed by atoms with Crippen LogP contribution in [0.4, 0.5) is 0 Å². The highest BCUT2D eigenvalue weighted by atomic mass is 16.5. The van der Waals surface area contributed by atoms with Gasteiger partial charge in [-0.15, -0.1) is 0 Å². The Hall–Kier alpha value is -2.25. The summed E-state index contributed by atoms with van der Waals surface area (Å²) in [5.41, 5.74) is 1.26. The van der Waals surface area contributed by atoms with E-state index in [1.807, 2.05) is 29.4 Å². The average molecular weight is 371 g/mol. The number of likely N-dealkylation sites (N-methyl/N-ethyl adjacent to an activating group) is 1. The van der Waals surface area contributed by atoms with Crippen molar-refractivity contribution in [1.29, 1.82) is 0 Å². The molecule has 0 bridgehead atoms. The quantitative estimate of drug-likeness (QED) is 0.745. The van der Waals surface area contributed by atoms with Gasteiger partial charge in [-0.3, -0.25) is 4.79 Å². The number of ether oxygens (including phenoxy) is 1. The number of imidazole rings is 1. The maximum Gasteiger partial charge on any atom is 0.272 e. The summed E-state index contributed by atoms with van der Waals surface area (Å²) < 4.78 is 7.34. The molecule has 27 heavy (non-hydrogen) atoms. The number of amides is 1. The van der Waals surface area contributed by atoms with Crippen molar-refractivity contribution in [2.45, 2.75) is 31.9 Å². The summed E-state index contributed by atoms with van der Waals surface area (Å²) >= 11 is 0. The van der Waals surface area contributed by atoms with Crippen molar-refractivity contribution < 1.29 is 9.53 Å². The number of hydrogen-bond acceptors (Lipinski definition) is 5. The zero-order valence-corrected chi connectivity index (χ0v) is 16.5. The van der Waals surface area contributed by atoms with Crippen molar-refractivity contribution in [1.82, 2.24) is 24.3 Å². The molecule has 2 aromatic rings. The molecule has 0 N–H and O–H groups in total. The highest BCUT2D eigenvalue weighted by molar-refractivity contribution is 5.92. The minimum absolute atomic E-state index is 0.0101. The van der Waals surface area contributed by atoms with Crippen molar-refractivity contribution in [3.8, 4) is 0 Å². The molecule has 0 aliphatic carbocycles. The second-order valence-corrected chi connectivity index (χ2v) is 7.32. The summed E-state index contributed by atoms with van der Waals surface area (Å²) in [6.07, 6.45) is 5.94. The van der Waals surface area contributed by atoms with Crippen LogP contribution in [-0.2, 0) is 17.9 Å². The van der Waals surface area contributed by atoms with Gasteiger partial charge < -0.3 is 19.1 Å². The molecule has 1 saturated heterocycles. The van der Waals surface area contributed by atoms with Crippen LogP contribution in [0, 0.1) is 0 Å². The number of piperidine rings is 1. The first-order valence-corrected chi connectivity index (χ1v) is 9.48. The summed E-state index contributed by atoms with van der Waals surface area (Å²) in [6.45, 7) is 3.74. The lowest BCUT2D eigenvalue weighted by atomic mass is 9.96. The summed E-state index contributed by atoms with van der Waals surface area (Å²) in [5.74, 6) is 1.33. The van der Waals surface area contributed by atoms with E-state index in [9.17, 15) is 4.79 Å². The lowest BCUT2D eigenvalue weighted by molar-refractivity contribution is 0.0696. The van der Waals surface area contributed by atoms with Crippen LogP contribution in [0.1, 0.15) is 40.8 Å². The Morgan fingerprint density at radius 2 is 2.22 bits per heavy atom. The van der Waals surface area contributed by atoms with E-state index in [1.54, 1.807) is 13.2 Å². The van der Waals surface area contributed by atoms with Gasteiger partial charge in [0.2, 0.25) is 0 Å². The summed E-state index contributed by atoms with van der Waals surface area (Å²) in [4.78, 5) is 26.1. The number of methoxy groups -OCH3 is 1. The van der Waals surface area contributed by atoms with E-state index in [-0.39, 0.29) is 11.8 Å². The van der Waals surface area contributed by atoms with Gasteiger partial charge in [0.1, 0.15) is 11.5 Å². The number of pyridine rings is 1. The van der Waals surface area contributed by atoms with Crippen LogP contribution in [0.15, 0.2) is 30.6 Å². The zero-order valence-electron chi connectivity index (χ0n) is 16.5. The molecule has 0 saturated carbocycles. The molecule has 7 heteroatoms. The SMILES string of the molecule is COCc1cccc(C(=O)N2CCC[C@H](c3nccn3CCN(C)C)C2)n1. The molecular formula is C20H29N5O2. The Bertz CT molecular complexity index is 758. The van der Waals surface area contributed by atoms with Crippen LogP contribution in [-0.4, -0.2) is 71.1 Å². The predicted molar refractivity (Wildman–Crippen MR) is 104 cm³/mol. The monoisotopic (exact) mass is 371 g/mol. The van der Waals surface area contributed by atoms with Crippen molar-refractivity contribution >= 4 is 5.91 Å². The second kappa shape index (κ2) is 9.10. The first-order chi connectivity index (χ1) is 13.1. The van der Waals surface area contributed by atoms with Gasteiger partial charge >= 0.3 is 0 Å². The largest absolute Gasteiger partial charge is 0.378 e. The molecule has 1 aliphatic rings. The number of likely N-dealkylation sites (tertiary alicyclic amines) is 1. The fourth-order valence-electron chi connectivity index (χ4n) is 3.54. The first-order valence-electron chi connectivity index (χ1n) is 9.48. The fraction of sp³-hybridized carbons (Fsp3) is 0.550. The maximum atomic E-state index is 13.0. The average Bonchev–Trinajstić information content (AvgIpc) is 3.15. The number of carbonyl (C=O) groups excluding carboxylic acids is 1. The predicted octanol–water partition coefficient (Wildman–Crippen LogP) is 2.01. The van der Waals surface area contributed by atoms with Gasteiger partial charge in [-0.25, -0.2) is 9.97 Å². The molecule has 0 aromatic carbocycles. The van der Waals surface area contributed by atoms with E-state index in [1.165, 1.54) is 0 Å². The van der Waals surface area contributed by atoms with Crippen LogP contribution in [0.3, 0.4) is 0 Å². The van der Waals surface area contributed by atoms with Gasteiger partial charge in [-0.05, 0) is 39.1 Å². The fourth-order valence-corrected chi connectivity index (χ4v) is 3.54. The normalized spacial score (nSPS) is 17.5. The zero-order chi connectivity index (χ0) is 19.2. The number of carbonyl (C=O) groups is 1. The van der Waals surface area contributed by atoms with Crippen molar-refractivity contribution in [3.05, 3.63) is 47.8 Å². The molecule has 2 aromatic heterocycles. The lowest BCUT2D eigenvalue weighted by Crippen LogP contribution is -2.40. The third-order valence-electron chi connectivity index (χ3n) is 4.93. The third kappa shape index (κ3) is 4.93. The van der Waals surface area contributed by atoms with E-state index >= 15 is 0 Å². The molecule has 0 spiro atoms. The van der Waals surface area contributed by atoms with Gasteiger partial charge in [0.25, 0.3) is 5.91 Å². The van der Waals surface area contributed by atoms with Crippen molar-refractivity contribution in [2.24, 2.45) is 0 Å². The standard InChI is InChI=1S/C20H29N5O2/c1-23(2)12-13-24-11-9-21-19(24)16-6-5-10-25(14-16)20(26)18-8-4-7-17(22-18)15-27-3/h4,7-9,11,16H,5-6,10,12-15H2,1-3H3/t16-/m0/s1. The molecule has 1 aliphatic heterocycles. The van der Waals surface area contributed by atoms with Gasteiger partial charge in [0, 0.05) is 51.6 Å². The van der Waals surface area contributed by atoms with Crippen LogP contribution < -0.4 is 0 Å². The Labute approximate surface area is 161 Å². The Kier molecular flexibility index (Phi) is 6.58. The van der Waals surface area contributed by atoms with E-state index in [2.05, 4.69) is 33.5 Å². The van der Waals surface area contributed by atoms with E-state index in [0.717, 1.165) is 44.0 Å². The third-order valence-corrected chi connectivity index (χ3v) is 4.93. The number of aromatic nitrogens is 3. The first kappa shape index (κ1) is 19.5. The molecular weight excluding hydrogens is 342 g/mol. The molecule has 1 amide bonds. The lowest BCUT2D eigenvalue weighted by Gasteiger charge is -2.32. The minimum Gasteiger partial charge on any atom is -0.378 e. The van der Waals surface area contributed by atoms with Crippen molar-refractivity contribution in [2.75, 3.05) is 40.8 Å². The summed E-state index contributed by atoms with van der Waals surface area (Å²) in [6, 6.07) is 5.52. The van der Waals surface area contributed by atoms with Gasteiger partial charge in [0.15, 0.2) is 0 Å². The number of hydrogen-bond donors (Lipinski definition) is 0. The van der Waals surface area contributed by atoms with E-state index < -0.39 is 0 Å². The molecule has 1 fully saturated rings. The van der Waals surface area contributed by atoms with Crippen LogP contribution >= 0.6 is 0 Å². The Morgan fingerprint density at radius 1 is 1.37 bits per heavy atom. The highest BCUT2D eigenvalue weighted by Gasteiger charge is 2.28. The van der Waals surface area contributed by atoms with Crippen LogP contribution in [0.25, 0.3) is 0 Å². The molecule has 3 rings (SSSR count). The highest BCUT2D eigenvalue weighted by Crippen LogP contribution is 2.26. The smallest absolute Gasteiger partial charge is 0.272 e. The Morgan fingerprint density at radius 3 is 3.00 bits per heavy atom. The molecule has 0 unspecified atom stereocenters. The Balaban J connectivity index is 1.70. The molecule has 7 nitrogen and oxygen atoms in total. The minimum atomic E-state index is -0.0101. The van der Waals surface area contributed by atoms with E-state index in [0.29, 0.717) is 18.8 Å². The van der Waals surface area contributed by atoms with Gasteiger partial charge in [-0.2, -0.15) is 0 Å². The van der Waals surface area contributed by atoms with Crippen molar-refractivity contribution in [3.63, 3.8) is 0 Å². The van der Waals surface area contributed by atoms with Gasteiger partial charge in [0.05, 0.1) is 12.3 Å². The van der Waals surface area contributed by atoms with Gasteiger partial charge in [-0.1, -0.05) is 6.07 Å². The molecule has 1 atom stereocenters. The molecule has 146 valence electrons. The molecule has 3 heterocycles. The summed E-state index contributed by atoms with van der Waals surface area (Å²) in [5, 5.41) is 0. The van der Waals surface area contributed by atoms with Crippen LogP contribution in [0.5, 0.6) is 0 Å². The second-order valence-electron chi connectivity index (χ2n) is 7.32. The maximum absolute atomic E-state index is 13.0. The topological polar surface area (TPSA) is 63.5 Å². The summed E-state index contributed by atoms with van der Waals surface area (Å²) in [7, 11) is 5.77. The number of rotatable bonds is 7. The number of nitrogens with zero attached hydrogens (tertiary/aromatic N) is 5. The van der Waals surface area contributed by atoms with Crippen LogP contribution in [0.2, 0.25) is 0 Å². The molecule has 0 radical (unpaired) electrons. The van der Waals surface area contributed by atoms with E-state index in [4.69, 9.17) is 4.74 Å².